The summed E-state index contributed by atoms with van der Waals surface area (Å²) in [6.45, 7) is 9.60. The molecular weight excluding hydrogens is 454 g/mol. The SMILES string of the molecule is CC[C@@H](C)c1ccc(-c2csc(Cn3c(CN4CCN(C)CC4)nc4ccccc4c3=O)n2)cc1. The highest BCUT2D eigenvalue weighted by Gasteiger charge is 2.19. The van der Waals surface area contributed by atoms with Gasteiger partial charge in [0.1, 0.15) is 10.8 Å². The van der Waals surface area contributed by atoms with E-state index in [1.807, 2.05) is 28.8 Å². The van der Waals surface area contributed by atoms with Crippen LogP contribution in [0.4, 0.5) is 0 Å². The molecule has 0 radical (unpaired) electrons. The van der Waals surface area contributed by atoms with Crippen LogP contribution in [0.1, 0.15) is 42.6 Å². The van der Waals surface area contributed by atoms with Gasteiger partial charge >= 0.3 is 0 Å². The molecule has 182 valence electrons. The zero-order valence-electron chi connectivity index (χ0n) is 20.8. The molecule has 0 spiro atoms. The van der Waals surface area contributed by atoms with Crippen LogP contribution in [0.3, 0.4) is 0 Å². The maximum atomic E-state index is 13.5. The Balaban J connectivity index is 1.44. The number of para-hydroxylation sites is 1. The van der Waals surface area contributed by atoms with Gasteiger partial charge in [0.2, 0.25) is 0 Å². The number of fused-ring (bicyclic) bond motifs is 1. The first kappa shape index (κ1) is 23.9. The van der Waals surface area contributed by atoms with E-state index >= 15 is 0 Å². The molecule has 1 fully saturated rings. The first-order valence-electron chi connectivity index (χ1n) is 12.5. The van der Waals surface area contributed by atoms with E-state index in [1.165, 1.54) is 5.56 Å². The predicted octanol–water partition coefficient (Wildman–Crippen LogP) is 4.83. The second-order valence-corrected chi connectivity index (χ2v) is 10.5. The number of piperazine rings is 1. The number of hydrogen-bond acceptors (Lipinski definition) is 6. The fourth-order valence-electron chi connectivity index (χ4n) is 4.57. The Hall–Kier alpha value is -2.87. The van der Waals surface area contributed by atoms with Crippen molar-refractivity contribution in [2.45, 2.75) is 39.3 Å². The van der Waals surface area contributed by atoms with E-state index < -0.39 is 0 Å². The van der Waals surface area contributed by atoms with Gasteiger partial charge in [0.15, 0.2) is 0 Å². The number of thiazole rings is 1. The summed E-state index contributed by atoms with van der Waals surface area (Å²) in [6.07, 6.45) is 1.13. The quantitative estimate of drug-likeness (QED) is 0.374. The summed E-state index contributed by atoms with van der Waals surface area (Å²) in [4.78, 5) is 28.1. The van der Waals surface area contributed by atoms with Gasteiger partial charge in [0.05, 0.1) is 29.7 Å². The minimum atomic E-state index is 0.00869. The van der Waals surface area contributed by atoms with E-state index in [-0.39, 0.29) is 5.56 Å². The Morgan fingerprint density at radius 1 is 0.971 bits per heavy atom. The van der Waals surface area contributed by atoms with Crippen molar-refractivity contribution in [3.63, 3.8) is 0 Å². The van der Waals surface area contributed by atoms with Gasteiger partial charge in [-0.1, -0.05) is 50.2 Å². The summed E-state index contributed by atoms with van der Waals surface area (Å²) in [7, 11) is 2.15. The molecule has 5 rings (SSSR count). The fraction of sp³-hybridized carbons (Fsp3) is 0.393. The highest BCUT2D eigenvalue weighted by molar-refractivity contribution is 7.09. The molecule has 1 aliphatic rings. The van der Waals surface area contributed by atoms with Crippen LogP contribution in [-0.2, 0) is 13.1 Å². The summed E-state index contributed by atoms with van der Waals surface area (Å²) in [5.41, 5.74) is 4.20. The minimum absolute atomic E-state index is 0.00869. The molecule has 0 bridgehead atoms. The Kier molecular flexibility index (Phi) is 7.09. The molecule has 7 heteroatoms. The summed E-state index contributed by atoms with van der Waals surface area (Å²) < 4.78 is 1.83. The van der Waals surface area contributed by atoms with E-state index in [1.54, 1.807) is 11.3 Å². The van der Waals surface area contributed by atoms with Crippen molar-refractivity contribution in [2.75, 3.05) is 33.2 Å². The lowest BCUT2D eigenvalue weighted by Gasteiger charge is -2.32. The molecule has 1 saturated heterocycles. The molecule has 6 nitrogen and oxygen atoms in total. The van der Waals surface area contributed by atoms with Crippen LogP contribution in [0, 0.1) is 0 Å². The molecular formula is C28H33N5OS. The van der Waals surface area contributed by atoms with Crippen molar-refractivity contribution in [1.82, 2.24) is 24.3 Å². The van der Waals surface area contributed by atoms with E-state index in [9.17, 15) is 4.79 Å². The van der Waals surface area contributed by atoms with Crippen molar-refractivity contribution < 1.29 is 0 Å². The monoisotopic (exact) mass is 487 g/mol. The predicted molar refractivity (Wildman–Crippen MR) is 144 cm³/mol. The van der Waals surface area contributed by atoms with Crippen LogP contribution in [0.15, 0.2) is 58.7 Å². The number of aromatic nitrogens is 3. The first-order valence-corrected chi connectivity index (χ1v) is 13.3. The maximum Gasteiger partial charge on any atom is 0.261 e. The first-order chi connectivity index (χ1) is 17.0. The molecule has 1 aliphatic heterocycles. The van der Waals surface area contributed by atoms with E-state index in [4.69, 9.17) is 9.97 Å². The van der Waals surface area contributed by atoms with Crippen LogP contribution in [0.25, 0.3) is 22.2 Å². The van der Waals surface area contributed by atoms with Crippen molar-refractivity contribution in [2.24, 2.45) is 0 Å². The molecule has 0 amide bonds. The highest BCUT2D eigenvalue weighted by Crippen LogP contribution is 2.26. The second-order valence-electron chi connectivity index (χ2n) is 9.57. The molecule has 0 unspecified atom stereocenters. The maximum absolute atomic E-state index is 13.5. The Morgan fingerprint density at radius 3 is 2.46 bits per heavy atom. The largest absolute Gasteiger partial charge is 0.304 e. The van der Waals surface area contributed by atoms with Crippen LogP contribution < -0.4 is 5.56 Å². The van der Waals surface area contributed by atoms with Crippen molar-refractivity contribution in [3.8, 4) is 11.3 Å². The molecule has 2 aromatic heterocycles. The summed E-state index contributed by atoms with van der Waals surface area (Å²) >= 11 is 1.60. The molecule has 3 heterocycles. The van der Waals surface area contributed by atoms with Crippen LogP contribution in [0.2, 0.25) is 0 Å². The lowest BCUT2D eigenvalue weighted by atomic mass is 9.97. The third-order valence-corrected chi connectivity index (χ3v) is 7.97. The smallest absolute Gasteiger partial charge is 0.261 e. The van der Waals surface area contributed by atoms with E-state index in [2.05, 4.69) is 60.3 Å². The Morgan fingerprint density at radius 2 is 1.71 bits per heavy atom. The van der Waals surface area contributed by atoms with Gasteiger partial charge in [-0.15, -0.1) is 11.3 Å². The van der Waals surface area contributed by atoms with Crippen molar-refractivity contribution >= 4 is 22.2 Å². The zero-order chi connectivity index (χ0) is 24.4. The fourth-order valence-corrected chi connectivity index (χ4v) is 5.36. The normalized spacial score (nSPS) is 16.1. The van der Waals surface area contributed by atoms with Crippen LogP contribution >= 0.6 is 11.3 Å². The van der Waals surface area contributed by atoms with Crippen molar-refractivity contribution in [3.05, 3.63) is 80.7 Å². The molecule has 0 saturated carbocycles. The van der Waals surface area contributed by atoms with Gasteiger partial charge in [0, 0.05) is 37.1 Å². The van der Waals surface area contributed by atoms with Gasteiger partial charge in [-0.3, -0.25) is 14.3 Å². The van der Waals surface area contributed by atoms with Crippen molar-refractivity contribution in [1.29, 1.82) is 0 Å². The number of rotatable bonds is 7. The molecule has 2 aromatic carbocycles. The van der Waals surface area contributed by atoms with Gasteiger partial charge in [-0.2, -0.15) is 0 Å². The number of nitrogens with zero attached hydrogens (tertiary/aromatic N) is 5. The number of hydrogen-bond donors (Lipinski definition) is 0. The van der Waals surface area contributed by atoms with E-state index in [0.717, 1.165) is 60.2 Å². The molecule has 4 aromatic rings. The number of likely N-dealkylation sites (N-methyl/N-ethyl adjacent to an activating group) is 1. The average Bonchev–Trinajstić information content (AvgIpc) is 3.36. The third-order valence-electron chi connectivity index (χ3n) is 7.13. The Labute approximate surface area is 210 Å². The average molecular weight is 488 g/mol. The summed E-state index contributed by atoms with van der Waals surface area (Å²) in [5, 5.41) is 3.67. The number of benzene rings is 2. The van der Waals surface area contributed by atoms with E-state index in [0.29, 0.717) is 24.4 Å². The molecule has 1 atom stereocenters. The Bertz CT molecular complexity index is 1350. The minimum Gasteiger partial charge on any atom is -0.304 e. The molecule has 35 heavy (non-hydrogen) atoms. The van der Waals surface area contributed by atoms with Gasteiger partial charge in [-0.25, -0.2) is 9.97 Å². The van der Waals surface area contributed by atoms with Gasteiger partial charge in [-0.05, 0) is 37.1 Å². The lowest BCUT2D eigenvalue weighted by molar-refractivity contribution is 0.144. The van der Waals surface area contributed by atoms with Crippen LogP contribution in [0.5, 0.6) is 0 Å². The summed E-state index contributed by atoms with van der Waals surface area (Å²) in [6, 6.07) is 16.4. The lowest BCUT2D eigenvalue weighted by Crippen LogP contribution is -2.44. The molecule has 0 aliphatic carbocycles. The van der Waals surface area contributed by atoms with Gasteiger partial charge < -0.3 is 4.90 Å². The topological polar surface area (TPSA) is 54.3 Å². The molecule has 0 N–H and O–H groups in total. The summed E-state index contributed by atoms with van der Waals surface area (Å²) in [5.74, 6) is 1.37. The second kappa shape index (κ2) is 10.4. The van der Waals surface area contributed by atoms with Crippen LogP contribution in [-0.4, -0.2) is 57.6 Å². The third kappa shape index (κ3) is 5.22. The standard InChI is InChI=1S/C28H33N5OS/c1-4-20(2)21-9-11-22(12-10-21)25-19-35-27(30-25)18-33-26(17-32-15-13-31(3)14-16-32)29-24-8-6-5-7-23(24)28(33)34/h5-12,19-20H,4,13-18H2,1-3H3/t20-/m1/s1. The highest BCUT2D eigenvalue weighted by atomic mass is 32.1. The van der Waals surface area contributed by atoms with Gasteiger partial charge in [0.25, 0.3) is 5.56 Å². The zero-order valence-corrected chi connectivity index (χ0v) is 21.6.